The molecule has 1 aromatic carbocycles. The molecule has 1 amide bonds. The highest BCUT2D eigenvalue weighted by molar-refractivity contribution is 5.80. The molecule has 140 valence electrons. The summed E-state index contributed by atoms with van der Waals surface area (Å²) in [7, 11) is 0. The Labute approximate surface area is 150 Å². The van der Waals surface area contributed by atoms with Crippen molar-refractivity contribution in [3.8, 4) is 0 Å². The van der Waals surface area contributed by atoms with Gasteiger partial charge in [-0.05, 0) is 55.3 Å². The minimum atomic E-state index is -0.948. The van der Waals surface area contributed by atoms with E-state index in [1.54, 1.807) is 32.9 Å². The van der Waals surface area contributed by atoms with Crippen LogP contribution in [0.1, 0.15) is 37.7 Å². The predicted molar refractivity (Wildman–Crippen MR) is 90.7 cm³/mol. The van der Waals surface area contributed by atoms with E-state index in [1.807, 2.05) is 0 Å². The van der Waals surface area contributed by atoms with Crippen LogP contribution in [0.15, 0.2) is 24.3 Å². The van der Waals surface area contributed by atoms with E-state index in [0.29, 0.717) is 11.4 Å². The second kappa shape index (κ2) is 8.03. The van der Waals surface area contributed by atoms with Crippen LogP contribution in [0.25, 0.3) is 0 Å². The number of halogens is 1. The number of amides is 1. The minimum Gasteiger partial charge on any atom is -0.481 e. The van der Waals surface area contributed by atoms with Crippen LogP contribution < -0.4 is 5.32 Å². The molecule has 0 aliphatic heterocycles. The van der Waals surface area contributed by atoms with E-state index in [1.165, 1.54) is 16.8 Å². The quantitative estimate of drug-likeness (QED) is 0.736. The van der Waals surface area contributed by atoms with Crippen LogP contribution >= 0.6 is 0 Å². The molecule has 1 atom stereocenters. The Morgan fingerprint density at radius 1 is 1.38 bits per heavy atom. The minimum absolute atomic E-state index is 0.193. The molecule has 26 heavy (non-hydrogen) atoms. The molecule has 0 aliphatic carbocycles. The van der Waals surface area contributed by atoms with Gasteiger partial charge in [-0.25, -0.2) is 9.07 Å². The zero-order valence-corrected chi connectivity index (χ0v) is 14.9. The maximum atomic E-state index is 13.4. The molecule has 1 unspecified atom stereocenters. The van der Waals surface area contributed by atoms with E-state index < -0.39 is 23.2 Å². The molecule has 2 N–H and O–H groups in total. The summed E-state index contributed by atoms with van der Waals surface area (Å²) >= 11 is 0. The van der Waals surface area contributed by atoms with Gasteiger partial charge < -0.3 is 10.4 Å². The van der Waals surface area contributed by atoms with Crippen molar-refractivity contribution in [1.82, 2.24) is 25.5 Å². The van der Waals surface area contributed by atoms with Gasteiger partial charge in [0.25, 0.3) is 0 Å². The molecule has 0 saturated heterocycles. The zero-order valence-electron chi connectivity index (χ0n) is 14.9. The lowest BCUT2D eigenvalue weighted by atomic mass is 9.89. The number of rotatable bonds is 8. The van der Waals surface area contributed by atoms with Crippen LogP contribution in [-0.4, -0.2) is 43.7 Å². The predicted octanol–water partition coefficient (Wildman–Crippen LogP) is 1.52. The molecular weight excluding hydrogens is 341 g/mol. The number of tetrazole rings is 1. The maximum absolute atomic E-state index is 13.4. The highest BCUT2D eigenvalue weighted by Crippen LogP contribution is 2.20. The number of carboxylic acids is 1. The second-order valence-corrected chi connectivity index (χ2v) is 6.75. The molecule has 0 fully saturated rings. The summed E-state index contributed by atoms with van der Waals surface area (Å²) in [5.41, 5.74) is -0.318. The number of carboxylic acid groups (broad SMARTS) is 1. The summed E-state index contributed by atoms with van der Waals surface area (Å²) in [4.78, 5) is 23.8. The first kappa shape index (κ1) is 19.5. The van der Waals surface area contributed by atoms with Gasteiger partial charge in [-0.2, -0.15) is 0 Å². The number of carbonyl (C=O) groups is 2. The number of aryl methyl sites for hydroxylation is 1. The lowest BCUT2D eigenvalue weighted by Gasteiger charge is -2.21. The van der Waals surface area contributed by atoms with Gasteiger partial charge in [-0.15, -0.1) is 5.10 Å². The van der Waals surface area contributed by atoms with Crippen molar-refractivity contribution >= 4 is 11.9 Å². The van der Waals surface area contributed by atoms with Crippen molar-refractivity contribution in [2.24, 2.45) is 5.41 Å². The van der Waals surface area contributed by atoms with Crippen molar-refractivity contribution in [3.63, 3.8) is 0 Å². The van der Waals surface area contributed by atoms with Gasteiger partial charge in [-0.3, -0.25) is 9.59 Å². The number of hydrogen-bond donors (Lipinski definition) is 2. The molecule has 9 heteroatoms. The number of nitrogens with one attached hydrogen (secondary N) is 1. The van der Waals surface area contributed by atoms with Crippen molar-refractivity contribution in [1.29, 1.82) is 0 Å². The summed E-state index contributed by atoms with van der Waals surface area (Å²) in [6.45, 7) is 5.05. The van der Waals surface area contributed by atoms with Crippen LogP contribution in [0.5, 0.6) is 0 Å². The molecule has 2 rings (SSSR count). The number of hydrogen-bond acceptors (Lipinski definition) is 5. The van der Waals surface area contributed by atoms with E-state index in [4.69, 9.17) is 5.11 Å². The Hall–Kier alpha value is -2.84. The SMILES string of the molecule is Cc1nnnn1C(Cc1cccc(F)c1)C(=O)NCCC(C)(C)C(=O)O. The van der Waals surface area contributed by atoms with Gasteiger partial charge in [0.15, 0.2) is 0 Å². The molecule has 0 bridgehead atoms. The van der Waals surface area contributed by atoms with E-state index in [0.717, 1.165) is 0 Å². The van der Waals surface area contributed by atoms with Crippen molar-refractivity contribution in [2.45, 2.75) is 39.7 Å². The highest BCUT2D eigenvalue weighted by Gasteiger charge is 2.28. The van der Waals surface area contributed by atoms with Crippen LogP contribution in [0.2, 0.25) is 0 Å². The number of aliphatic carboxylic acids is 1. The first-order chi connectivity index (χ1) is 12.2. The molecule has 1 aromatic heterocycles. The van der Waals surface area contributed by atoms with E-state index in [9.17, 15) is 14.0 Å². The average molecular weight is 363 g/mol. The molecule has 2 aromatic rings. The van der Waals surface area contributed by atoms with Gasteiger partial charge in [-0.1, -0.05) is 12.1 Å². The Bertz CT molecular complexity index is 790. The van der Waals surface area contributed by atoms with Crippen LogP contribution in [0.4, 0.5) is 4.39 Å². The molecule has 0 saturated carbocycles. The smallest absolute Gasteiger partial charge is 0.309 e. The summed E-state index contributed by atoms with van der Waals surface area (Å²) in [6.07, 6.45) is 0.479. The van der Waals surface area contributed by atoms with Crippen molar-refractivity contribution in [3.05, 3.63) is 41.5 Å². The first-order valence-corrected chi connectivity index (χ1v) is 8.21. The fourth-order valence-electron chi connectivity index (χ4n) is 2.43. The second-order valence-electron chi connectivity index (χ2n) is 6.75. The number of benzene rings is 1. The van der Waals surface area contributed by atoms with Gasteiger partial charge >= 0.3 is 5.97 Å². The van der Waals surface area contributed by atoms with Gasteiger partial charge in [0, 0.05) is 13.0 Å². The Balaban J connectivity index is 2.12. The van der Waals surface area contributed by atoms with Gasteiger partial charge in [0.1, 0.15) is 17.7 Å². The highest BCUT2D eigenvalue weighted by atomic mass is 19.1. The number of carbonyl (C=O) groups excluding carboxylic acids is 1. The Kier molecular flexibility index (Phi) is 6.01. The maximum Gasteiger partial charge on any atom is 0.309 e. The van der Waals surface area contributed by atoms with Crippen LogP contribution in [-0.2, 0) is 16.0 Å². The third-order valence-electron chi connectivity index (χ3n) is 4.20. The lowest BCUT2D eigenvalue weighted by Crippen LogP contribution is -2.37. The van der Waals surface area contributed by atoms with Gasteiger partial charge in [0.2, 0.25) is 5.91 Å². The first-order valence-electron chi connectivity index (χ1n) is 8.21. The molecule has 0 spiro atoms. The lowest BCUT2D eigenvalue weighted by molar-refractivity contribution is -0.147. The van der Waals surface area contributed by atoms with Gasteiger partial charge in [0.05, 0.1) is 5.41 Å². The molecular formula is C17H22FN5O3. The fourth-order valence-corrected chi connectivity index (χ4v) is 2.43. The largest absolute Gasteiger partial charge is 0.481 e. The summed E-state index contributed by atoms with van der Waals surface area (Å²) in [5, 5.41) is 23.1. The summed E-state index contributed by atoms with van der Waals surface area (Å²) in [5.74, 6) is -1.23. The molecule has 0 aliphatic rings. The third kappa shape index (κ3) is 4.84. The zero-order chi connectivity index (χ0) is 19.3. The standard InChI is InChI=1S/C17H22FN5O3/c1-11-20-21-22-23(11)14(10-12-5-4-6-13(18)9-12)15(24)19-8-7-17(2,3)16(25)26/h4-6,9,14H,7-8,10H2,1-3H3,(H,19,24)(H,25,26). The summed E-state index contributed by atoms with van der Waals surface area (Å²) < 4.78 is 14.8. The topological polar surface area (TPSA) is 110 Å². The number of aromatic nitrogens is 4. The van der Waals surface area contributed by atoms with E-state index in [-0.39, 0.29) is 25.3 Å². The Morgan fingerprint density at radius 2 is 2.12 bits per heavy atom. The normalized spacial score (nSPS) is 12.6. The Morgan fingerprint density at radius 3 is 2.69 bits per heavy atom. The van der Waals surface area contributed by atoms with Crippen molar-refractivity contribution < 1.29 is 19.1 Å². The monoisotopic (exact) mass is 363 g/mol. The number of nitrogens with zero attached hydrogens (tertiary/aromatic N) is 4. The summed E-state index contributed by atoms with van der Waals surface area (Å²) in [6, 6.07) is 5.21. The van der Waals surface area contributed by atoms with E-state index >= 15 is 0 Å². The average Bonchev–Trinajstić information content (AvgIpc) is 2.98. The fraction of sp³-hybridized carbons (Fsp3) is 0.471. The van der Waals surface area contributed by atoms with Crippen LogP contribution in [0, 0.1) is 18.2 Å². The van der Waals surface area contributed by atoms with Crippen molar-refractivity contribution in [2.75, 3.05) is 6.54 Å². The molecule has 1 heterocycles. The van der Waals surface area contributed by atoms with Crippen LogP contribution in [0.3, 0.4) is 0 Å². The third-order valence-corrected chi connectivity index (χ3v) is 4.20. The molecule has 8 nitrogen and oxygen atoms in total. The van der Waals surface area contributed by atoms with E-state index in [2.05, 4.69) is 20.8 Å². The molecule has 0 radical (unpaired) electrons.